The lowest BCUT2D eigenvalue weighted by atomic mass is 10.2. The lowest BCUT2D eigenvalue weighted by Crippen LogP contribution is -2.25. The molecule has 1 saturated carbocycles. The summed E-state index contributed by atoms with van der Waals surface area (Å²) in [5.74, 6) is -0.392. The molecule has 1 amide bonds. The van der Waals surface area contributed by atoms with Crippen molar-refractivity contribution in [3.8, 4) is 0 Å². The van der Waals surface area contributed by atoms with Crippen molar-refractivity contribution in [2.75, 3.05) is 0 Å². The first-order valence-electron chi connectivity index (χ1n) is 6.77. The van der Waals surface area contributed by atoms with Gasteiger partial charge >= 0.3 is 0 Å². The van der Waals surface area contributed by atoms with Gasteiger partial charge in [0.25, 0.3) is 5.91 Å². The molecule has 0 bridgehead atoms. The van der Waals surface area contributed by atoms with Crippen LogP contribution in [0.1, 0.15) is 23.2 Å². The first-order valence-corrected chi connectivity index (χ1v) is 9.13. The molecule has 1 aromatic heterocycles. The fraction of sp³-hybridized carbons (Fsp3) is 0.286. The Labute approximate surface area is 132 Å². The summed E-state index contributed by atoms with van der Waals surface area (Å²) in [5.41, 5.74) is 0.360. The molecule has 116 valence electrons. The van der Waals surface area contributed by atoms with Crippen LogP contribution in [0.2, 0.25) is 0 Å². The van der Waals surface area contributed by atoms with Crippen molar-refractivity contribution in [2.45, 2.75) is 23.8 Å². The van der Waals surface area contributed by atoms with Crippen molar-refractivity contribution >= 4 is 27.3 Å². The van der Waals surface area contributed by atoms with E-state index in [9.17, 15) is 13.2 Å². The molecule has 2 aromatic rings. The Bertz CT molecular complexity index is 859. The summed E-state index contributed by atoms with van der Waals surface area (Å²) in [5, 5.41) is 1.84. The highest BCUT2D eigenvalue weighted by atomic mass is 32.2. The Morgan fingerprint density at radius 1 is 1.32 bits per heavy atom. The molecule has 8 heteroatoms. The van der Waals surface area contributed by atoms with Crippen LogP contribution in [0.5, 0.6) is 0 Å². The average Bonchev–Trinajstić information content (AvgIpc) is 3.20. The van der Waals surface area contributed by atoms with Crippen molar-refractivity contribution in [1.29, 1.82) is 0 Å². The number of hydrogen-bond donors (Lipinski definition) is 1. The third-order valence-corrected chi connectivity index (χ3v) is 5.65. The van der Waals surface area contributed by atoms with Crippen LogP contribution >= 0.6 is 11.3 Å². The lowest BCUT2D eigenvalue weighted by Gasteiger charge is -2.05. The molecule has 1 fully saturated rings. The van der Waals surface area contributed by atoms with Crippen LogP contribution in [-0.2, 0) is 17.1 Å². The molecule has 1 heterocycles. The van der Waals surface area contributed by atoms with E-state index in [1.165, 1.54) is 35.6 Å². The number of sulfonamides is 1. The number of nitrogens with one attached hydrogen (secondary N) is 1. The van der Waals surface area contributed by atoms with E-state index in [2.05, 4.69) is 9.71 Å². The molecule has 0 aliphatic heterocycles. The molecule has 0 unspecified atom stereocenters. The summed E-state index contributed by atoms with van der Waals surface area (Å²) in [6.45, 7) is 0. The van der Waals surface area contributed by atoms with Crippen molar-refractivity contribution in [2.24, 2.45) is 12.0 Å². The molecule has 1 aliphatic carbocycles. The zero-order valence-electron chi connectivity index (χ0n) is 11.9. The van der Waals surface area contributed by atoms with Crippen LogP contribution in [0, 0.1) is 0 Å². The van der Waals surface area contributed by atoms with Gasteiger partial charge in [0.2, 0.25) is 10.0 Å². The van der Waals surface area contributed by atoms with E-state index < -0.39 is 15.9 Å². The number of amides is 1. The molecule has 1 N–H and O–H groups in total. The molecular weight excluding hydrogens is 322 g/mol. The fourth-order valence-electron chi connectivity index (χ4n) is 1.85. The lowest BCUT2D eigenvalue weighted by molar-refractivity contribution is 0.0997. The highest BCUT2D eigenvalue weighted by Gasteiger charge is 2.27. The van der Waals surface area contributed by atoms with Gasteiger partial charge in [0.05, 0.1) is 4.90 Å². The van der Waals surface area contributed by atoms with Crippen LogP contribution in [0.4, 0.5) is 0 Å². The van der Waals surface area contributed by atoms with E-state index >= 15 is 0 Å². The normalized spacial score (nSPS) is 16.0. The molecule has 22 heavy (non-hydrogen) atoms. The van der Waals surface area contributed by atoms with Crippen LogP contribution in [0.25, 0.3) is 0 Å². The third kappa shape index (κ3) is 3.34. The number of thiazole rings is 1. The van der Waals surface area contributed by atoms with Crippen LogP contribution in [0.15, 0.2) is 45.7 Å². The summed E-state index contributed by atoms with van der Waals surface area (Å²) >= 11 is 1.36. The Balaban J connectivity index is 1.82. The quantitative estimate of drug-likeness (QED) is 0.912. The summed E-state index contributed by atoms with van der Waals surface area (Å²) in [7, 11) is -1.68. The third-order valence-electron chi connectivity index (χ3n) is 3.27. The molecule has 3 rings (SSSR count). The number of carbonyl (C=O) groups excluding carboxylic acids is 1. The standard InChI is InChI=1S/C14H15N3O3S2/c1-17-8-9-21-14(17)15-13(18)10-2-6-12(7-3-10)22(19,20)16-11-4-5-11/h2-3,6-9,11,16H,4-5H2,1H3. The topological polar surface area (TPSA) is 80.5 Å². The number of aryl methyl sites for hydroxylation is 1. The van der Waals surface area contributed by atoms with E-state index in [4.69, 9.17) is 0 Å². The number of hydrogen-bond acceptors (Lipinski definition) is 4. The molecule has 1 aromatic carbocycles. The zero-order valence-corrected chi connectivity index (χ0v) is 13.5. The smallest absolute Gasteiger partial charge is 0.279 e. The van der Waals surface area contributed by atoms with Gasteiger partial charge in [-0.15, -0.1) is 11.3 Å². The minimum atomic E-state index is -3.49. The Morgan fingerprint density at radius 2 is 2.00 bits per heavy atom. The molecule has 6 nitrogen and oxygen atoms in total. The molecule has 0 radical (unpaired) electrons. The van der Waals surface area contributed by atoms with E-state index in [0.717, 1.165) is 12.8 Å². The van der Waals surface area contributed by atoms with Gasteiger partial charge in [-0.25, -0.2) is 13.1 Å². The number of benzene rings is 1. The molecule has 0 spiro atoms. The second-order valence-electron chi connectivity index (χ2n) is 5.13. The van der Waals surface area contributed by atoms with Gasteiger partial charge in [0.1, 0.15) is 0 Å². The van der Waals surface area contributed by atoms with Gasteiger partial charge in [-0.1, -0.05) is 0 Å². The SMILES string of the molecule is Cn1ccsc1=NC(=O)c1ccc(S(=O)(=O)NC2CC2)cc1. The maximum absolute atomic E-state index is 12.1. The maximum atomic E-state index is 12.1. The first kappa shape index (κ1) is 15.1. The van der Waals surface area contributed by atoms with E-state index in [-0.39, 0.29) is 10.9 Å². The van der Waals surface area contributed by atoms with Crippen molar-refractivity contribution < 1.29 is 13.2 Å². The van der Waals surface area contributed by atoms with Crippen molar-refractivity contribution in [3.63, 3.8) is 0 Å². The second kappa shape index (κ2) is 5.79. The maximum Gasteiger partial charge on any atom is 0.279 e. The van der Waals surface area contributed by atoms with Crippen molar-refractivity contribution in [3.05, 3.63) is 46.2 Å². The Morgan fingerprint density at radius 3 is 2.55 bits per heavy atom. The summed E-state index contributed by atoms with van der Waals surface area (Å²) < 4.78 is 28.4. The zero-order chi connectivity index (χ0) is 15.7. The molecule has 1 aliphatic rings. The van der Waals surface area contributed by atoms with E-state index in [1.807, 2.05) is 18.6 Å². The number of rotatable bonds is 4. The van der Waals surface area contributed by atoms with Gasteiger partial charge in [-0.05, 0) is 37.1 Å². The van der Waals surface area contributed by atoms with Gasteiger partial charge in [-0.3, -0.25) is 4.79 Å². The number of carbonyl (C=O) groups is 1. The van der Waals surface area contributed by atoms with Gasteiger partial charge < -0.3 is 4.57 Å². The van der Waals surface area contributed by atoms with E-state index in [1.54, 1.807) is 4.57 Å². The molecule has 0 saturated heterocycles. The van der Waals surface area contributed by atoms with Crippen molar-refractivity contribution in [1.82, 2.24) is 9.29 Å². The Kier molecular flexibility index (Phi) is 3.98. The fourth-order valence-corrected chi connectivity index (χ4v) is 3.88. The Hall–Kier alpha value is -1.77. The monoisotopic (exact) mass is 337 g/mol. The summed E-state index contributed by atoms with van der Waals surface area (Å²) in [4.78, 5) is 16.9. The minimum Gasteiger partial charge on any atom is -0.327 e. The number of aromatic nitrogens is 1. The molecule has 0 atom stereocenters. The van der Waals surface area contributed by atoms with E-state index in [0.29, 0.717) is 10.4 Å². The first-order chi connectivity index (χ1) is 10.5. The highest BCUT2D eigenvalue weighted by Crippen LogP contribution is 2.22. The predicted molar refractivity (Wildman–Crippen MR) is 83.0 cm³/mol. The number of nitrogens with zero attached hydrogens (tertiary/aromatic N) is 2. The van der Waals surface area contributed by atoms with Crippen LogP contribution in [0.3, 0.4) is 0 Å². The summed E-state index contributed by atoms with van der Waals surface area (Å²) in [6.07, 6.45) is 3.58. The highest BCUT2D eigenvalue weighted by molar-refractivity contribution is 7.89. The van der Waals surface area contributed by atoms with Gasteiger partial charge in [0.15, 0.2) is 4.80 Å². The van der Waals surface area contributed by atoms with Crippen LogP contribution in [-0.4, -0.2) is 24.9 Å². The minimum absolute atomic E-state index is 0.0557. The van der Waals surface area contributed by atoms with Crippen LogP contribution < -0.4 is 9.52 Å². The summed E-state index contributed by atoms with van der Waals surface area (Å²) in [6, 6.07) is 5.89. The largest absolute Gasteiger partial charge is 0.327 e. The predicted octanol–water partition coefficient (Wildman–Crippen LogP) is 1.27. The second-order valence-corrected chi connectivity index (χ2v) is 7.72. The van der Waals surface area contributed by atoms with Gasteiger partial charge in [0, 0.05) is 30.2 Å². The van der Waals surface area contributed by atoms with Gasteiger partial charge in [-0.2, -0.15) is 4.99 Å². The molecular formula is C14H15N3O3S2. The average molecular weight is 337 g/mol.